The lowest BCUT2D eigenvalue weighted by molar-refractivity contribution is 0.102. The summed E-state index contributed by atoms with van der Waals surface area (Å²) in [5.74, 6) is -0.302. The van der Waals surface area contributed by atoms with Crippen LogP contribution in [0.2, 0.25) is 0 Å². The van der Waals surface area contributed by atoms with Crippen LogP contribution in [0.4, 0.5) is 10.9 Å². The first-order valence-electron chi connectivity index (χ1n) is 8.16. The number of fused-ring (bicyclic) bond motifs is 1. The zero-order valence-corrected chi connectivity index (χ0v) is 14.3. The number of hydrogen-bond donors (Lipinski definition) is 2. The third-order valence-electron chi connectivity index (χ3n) is 4.31. The molecule has 1 aliphatic rings. The van der Waals surface area contributed by atoms with Gasteiger partial charge >= 0.3 is 0 Å². The number of thiazole rings is 1. The Bertz CT molecular complexity index is 937. The normalized spacial score (nSPS) is 13.3. The first-order valence-corrected chi connectivity index (χ1v) is 9.04. The average Bonchev–Trinajstić information content (AvgIpc) is 3.10. The van der Waals surface area contributed by atoms with Crippen LogP contribution in [0.5, 0.6) is 0 Å². The van der Waals surface area contributed by atoms with Gasteiger partial charge < -0.3 is 5.73 Å². The number of carbonyl (C=O) groups excluding carboxylic acids is 1. The van der Waals surface area contributed by atoms with E-state index < -0.39 is 5.91 Å². The number of amides is 1. The van der Waals surface area contributed by atoms with E-state index in [4.69, 9.17) is 5.73 Å². The molecular formula is C18H17N5OS. The van der Waals surface area contributed by atoms with Gasteiger partial charge in [0, 0.05) is 23.3 Å². The fourth-order valence-electron chi connectivity index (χ4n) is 3.04. The summed E-state index contributed by atoms with van der Waals surface area (Å²) in [5.41, 5.74) is 10.6. The van der Waals surface area contributed by atoms with Crippen molar-refractivity contribution in [1.82, 2.24) is 15.0 Å². The van der Waals surface area contributed by atoms with Gasteiger partial charge in [0.2, 0.25) is 0 Å². The van der Waals surface area contributed by atoms with E-state index in [9.17, 15) is 4.79 Å². The molecule has 25 heavy (non-hydrogen) atoms. The fourth-order valence-corrected chi connectivity index (χ4v) is 3.75. The van der Waals surface area contributed by atoms with Gasteiger partial charge in [-0.05, 0) is 42.9 Å². The molecule has 0 saturated heterocycles. The van der Waals surface area contributed by atoms with Crippen LogP contribution in [0.15, 0.2) is 36.0 Å². The summed E-state index contributed by atoms with van der Waals surface area (Å²) in [6.07, 6.45) is 7.69. The Morgan fingerprint density at radius 1 is 1.12 bits per heavy atom. The molecule has 6 nitrogen and oxygen atoms in total. The summed E-state index contributed by atoms with van der Waals surface area (Å²) in [4.78, 5) is 24.6. The summed E-state index contributed by atoms with van der Waals surface area (Å²) >= 11 is 1.38. The van der Waals surface area contributed by atoms with Crippen LogP contribution in [0, 0.1) is 0 Å². The van der Waals surface area contributed by atoms with Crippen molar-refractivity contribution in [3.63, 3.8) is 0 Å². The number of nitrogens with two attached hydrogens (primary N) is 1. The number of benzene rings is 1. The molecule has 4 rings (SSSR count). The molecule has 0 saturated carbocycles. The highest BCUT2D eigenvalue weighted by Gasteiger charge is 2.15. The number of aromatic nitrogens is 3. The lowest BCUT2D eigenvalue weighted by atomic mass is 9.90. The summed E-state index contributed by atoms with van der Waals surface area (Å²) in [7, 11) is 0. The van der Waals surface area contributed by atoms with Crippen LogP contribution in [0.25, 0.3) is 11.3 Å². The van der Waals surface area contributed by atoms with Crippen molar-refractivity contribution in [1.29, 1.82) is 0 Å². The van der Waals surface area contributed by atoms with Crippen molar-refractivity contribution >= 4 is 28.2 Å². The molecule has 7 heteroatoms. The van der Waals surface area contributed by atoms with Crippen molar-refractivity contribution in [3.8, 4) is 11.3 Å². The molecule has 1 aliphatic carbocycles. The summed E-state index contributed by atoms with van der Waals surface area (Å²) in [5, 5.41) is 5.20. The second-order valence-electron chi connectivity index (χ2n) is 5.97. The van der Waals surface area contributed by atoms with Crippen LogP contribution in [-0.4, -0.2) is 20.9 Å². The maximum absolute atomic E-state index is 12.2. The highest BCUT2D eigenvalue weighted by Crippen LogP contribution is 2.29. The number of hydrogen-bond acceptors (Lipinski definition) is 6. The average molecular weight is 351 g/mol. The molecule has 0 unspecified atom stereocenters. The molecule has 0 aliphatic heterocycles. The Labute approximate surface area is 149 Å². The summed E-state index contributed by atoms with van der Waals surface area (Å²) in [6.45, 7) is 0. The molecule has 1 aromatic carbocycles. The molecule has 0 radical (unpaired) electrons. The Kier molecular flexibility index (Phi) is 4.15. The van der Waals surface area contributed by atoms with Crippen molar-refractivity contribution in [2.24, 2.45) is 0 Å². The van der Waals surface area contributed by atoms with Gasteiger partial charge in [-0.1, -0.05) is 12.1 Å². The quantitative estimate of drug-likeness (QED) is 0.755. The van der Waals surface area contributed by atoms with Crippen molar-refractivity contribution < 1.29 is 4.79 Å². The Morgan fingerprint density at radius 3 is 2.76 bits per heavy atom. The highest BCUT2D eigenvalue weighted by atomic mass is 32.1. The predicted octanol–water partition coefficient (Wildman–Crippen LogP) is 3.31. The number of nitrogens with one attached hydrogen (secondary N) is 1. The second kappa shape index (κ2) is 6.60. The number of nitrogens with zero attached hydrogens (tertiary/aromatic N) is 3. The predicted molar refractivity (Wildman–Crippen MR) is 98.6 cm³/mol. The van der Waals surface area contributed by atoms with Gasteiger partial charge in [0.25, 0.3) is 5.91 Å². The molecule has 2 aromatic heterocycles. The third-order valence-corrected chi connectivity index (χ3v) is 5.07. The number of anilines is 2. The SMILES string of the molecule is Nc1nccnc1C(=O)Nc1nc(-c2ccc3c(c2)CCCC3)cs1. The minimum absolute atomic E-state index is 0.103. The van der Waals surface area contributed by atoms with E-state index in [2.05, 4.69) is 38.5 Å². The van der Waals surface area contributed by atoms with Gasteiger partial charge in [-0.3, -0.25) is 10.1 Å². The molecule has 126 valence electrons. The van der Waals surface area contributed by atoms with E-state index in [1.165, 1.54) is 47.7 Å². The number of aryl methyl sites for hydroxylation is 2. The standard InChI is InChI=1S/C18H17N5OS/c19-16-15(20-7-8-21-16)17(24)23-18-22-14(10-25-18)13-6-5-11-3-1-2-4-12(11)9-13/h5-10H,1-4H2,(H2,19,21)(H,22,23,24). The van der Waals surface area contributed by atoms with E-state index in [-0.39, 0.29) is 11.5 Å². The Balaban J connectivity index is 1.54. The van der Waals surface area contributed by atoms with Gasteiger partial charge in [-0.2, -0.15) is 0 Å². The summed E-state index contributed by atoms with van der Waals surface area (Å²) in [6, 6.07) is 6.52. The van der Waals surface area contributed by atoms with Crippen molar-refractivity contribution in [3.05, 3.63) is 52.8 Å². The molecule has 0 bridgehead atoms. The van der Waals surface area contributed by atoms with Gasteiger partial charge in [0.15, 0.2) is 16.6 Å². The van der Waals surface area contributed by atoms with Crippen LogP contribution in [0.3, 0.4) is 0 Å². The largest absolute Gasteiger partial charge is 0.382 e. The number of carbonyl (C=O) groups is 1. The smallest absolute Gasteiger partial charge is 0.279 e. The van der Waals surface area contributed by atoms with Gasteiger partial charge in [0.1, 0.15) is 0 Å². The Hall–Kier alpha value is -2.80. The topological polar surface area (TPSA) is 93.8 Å². The molecule has 0 fully saturated rings. The maximum Gasteiger partial charge on any atom is 0.279 e. The third kappa shape index (κ3) is 3.23. The molecule has 3 aromatic rings. The lowest BCUT2D eigenvalue weighted by Crippen LogP contribution is -2.16. The zero-order chi connectivity index (χ0) is 17.2. The molecular weight excluding hydrogens is 334 g/mol. The number of nitrogen functional groups attached to an aromatic ring is 1. The second-order valence-corrected chi connectivity index (χ2v) is 6.83. The van der Waals surface area contributed by atoms with Gasteiger partial charge in [-0.25, -0.2) is 15.0 Å². The molecule has 3 N–H and O–H groups in total. The molecule has 0 spiro atoms. The van der Waals surface area contributed by atoms with Gasteiger partial charge in [-0.15, -0.1) is 11.3 Å². The van der Waals surface area contributed by atoms with Crippen LogP contribution in [-0.2, 0) is 12.8 Å². The maximum atomic E-state index is 12.2. The monoisotopic (exact) mass is 351 g/mol. The lowest BCUT2D eigenvalue weighted by Gasteiger charge is -2.16. The first-order chi connectivity index (χ1) is 12.2. The molecule has 1 amide bonds. The van der Waals surface area contributed by atoms with Crippen LogP contribution < -0.4 is 11.1 Å². The van der Waals surface area contributed by atoms with Crippen LogP contribution in [0.1, 0.15) is 34.5 Å². The van der Waals surface area contributed by atoms with Gasteiger partial charge in [0.05, 0.1) is 5.69 Å². The van der Waals surface area contributed by atoms with Crippen LogP contribution >= 0.6 is 11.3 Å². The molecule has 2 heterocycles. The fraction of sp³-hybridized carbons (Fsp3) is 0.222. The number of rotatable bonds is 3. The zero-order valence-electron chi connectivity index (χ0n) is 13.5. The minimum atomic E-state index is -0.406. The highest BCUT2D eigenvalue weighted by molar-refractivity contribution is 7.14. The van der Waals surface area contributed by atoms with Crippen molar-refractivity contribution in [2.75, 3.05) is 11.1 Å². The van der Waals surface area contributed by atoms with E-state index >= 15 is 0 Å². The van der Waals surface area contributed by atoms with E-state index in [1.807, 2.05) is 5.38 Å². The van der Waals surface area contributed by atoms with E-state index in [1.54, 1.807) is 0 Å². The van der Waals surface area contributed by atoms with Crippen molar-refractivity contribution in [2.45, 2.75) is 25.7 Å². The minimum Gasteiger partial charge on any atom is -0.382 e. The Morgan fingerprint density at radius 2 is 1.92 bits per heavy atom. The summed E-state index contributed by atoms with van der Waals surface area (Å²) < 4.78 is 0. The van der Waals surface area contributed by atoms with E-state index in [0.717, 1.165) is 24.1 Å². The van der Waals surface area contributed by atoms with E-state index in [0.29, 0.717) is 5.13 Å². The molecule has 0 atom stereocenters. The first kappa shape index (κ1) is 15.7.